The zero-order valence-electron chi connectivity index (χ0n) is 9.46. The molecular formula is C10H18ClN3O2. The summed E-state index contributed by atoms with van der Waals surface area (Å²) in [5, 5.41) is 4.83. The van der Waals surface area contributed by atoms with E-state index < -0.39 is 11.9 Å². The van der Waals surface area contributed by atoms with Gasteiger partial charge < -0.3 is 10.2 Å². The van der Waals surface area contributed by atoms with Crippen molar-refractivity contribution in [3.8, 4) is 0 Å². The number of urea groups is 1. The van der Waals surface area contributed by atoms with E-state index >= 15 is 0 Å². The van der Waals surface area contributed by atoms with Crippen molar-refractivity contribution >= 4 is 23.5 Å². The number of hydrogen-bond donors (Lipinski definition) is 2. The van der Waals surface area contributed by atoms with Crippen LogP contribution in [0.3, 0.4) is 0 Å². The first-order valence-corrected chi connectivity index (χ1v) is 5.97. The Kier molecular flexibility index (Phi) is 5.55. The van der Waals surface area contributed by atoms with Gasteiger partial charge in [-0.2, -0.15) is 0 Å². The number of carbonyl (C=O) groups is 2. The number of piperidine rings is 1. The molecular weight excluding hydrogens is 230 g/mol. The Hall–Kier alpha value is -0.810. The number of likely N-dealkylation sites (tertiary alicyclic amines) is 1. The standard InChI is InChI=1S/C10H18ClN3O2/c1-14-4-2-3-8(7-14)6-12-10(16)13-9(15)5-11/h8H,2-7H2,1H3,(H2,12,13,15,16). The second kappa shape index (κ2) is 6.70. The van der Waals surface area contributed by atoms with Gasteiger partial charge in [0.1, 0.15) is 5.88 Å². The van der Waals surface area contributed by atoms with Gasteiger partial charge in [0.2, 0.25) is 5.91 Å². The molecule has 1 atom stereocenters. The summed E-state index contributed by atoms with van der Waals surface area (Å²) < 4.78 is 0. The van der Waals surface area contributed by atoms with E-state index in [-0.39, 0.29) is 5.88 Å². The van der Waals surface area contributed by atoms with Crippen LogP contribution in [0.25, 0.3) is 0 Å². The number of hydrogen-bond acceptors (Lipinski definition) is 3. The molecule has 1 saturated heterocycles. The molecule has 6 heteroatoms. The molecule has 1 fully saturated rings. The maximum absolute atomic E-state index is 11.2. The lowest BCUT2D eigenvalue weighted by Crippen LogP contribution is -2.44. The van der Waals surface area contributed by atoms with Gasteiger partial charge in [-0.1, -0.05) is 0 Å². The summed E-state index contributed by atoms with van der Waals surface area (Å²) in [4.78, 5) is 24.3. The lowest BCUT2D eigenvalue weighted by molar-refractivity contribution is -0.117. The zero-order chi connectivity index (χ0) is 12.0. The highest BCUT2D eigenvalue weighted by molar-refractivity contribution is 6.28. The zero-order valence-corrected chi connectivity index (χ0v) is 10.2. The van der Waals surface area contributed by atoms with Crippen molar-refractivity contribution < 1.29 is 9.59 Å². The maximum atomic E-state index is 11.2. The molecule has 5 nitrogen and oxygen atoms in total. The number of amides is 3. The van der Waals surface area contributed by atoms with Gasteiger partial charge in [-0.15, -0.1) is 11.6 Å². The van der Waals surface area contributed by atoms with Gasteiger partial charge in [0.05, 0.1) is 0 Å². The molecule has 3 amide bonds. The summed E-state index contributed by atoms with van der Waals surface area (Å²) >= 11 is 5.27. The van der Waals surface area contributed by atoms with Crippen LogP contribution in [0.2, 0.25) is 0 Å². The third-order valence-corrected chi connectivity index (χ3v) is 2.89. The fourth-order valence-corrected chi connectivity index (χ4v) is 1.95. The Labute approximate surface area is 101 Å². The third kappa shape index (κ3) is 4.81. The van der Waals surface area contributed by atoms with Gasteiger partial charge in [-0.3, -0.25) is 10.1 Å². The molecule has 1 aliphatic rings. The summed E-state index contributed by atoms with van der Waals surface area (Å²) in [6.07, 6.45) is 2.28. The highest BCUT2D eigenvalue weighted by Crippen LogP contribution is 2.13. The van der Waals surface area contributed by atoms with E-state index in [9.17, 15) is 9.59 Å². The van der Waals surface area contributed by atoms with Crippen LogP contribution in [0.4, 0.5) is 4.79 Å². The predicted octanol–water partition coefficient (Wildman–Crippen LogP) is 0.393. The van der Waals surface area contributed by atoms with Crippen LogP contribution in [-0.4, -0.2) is 49.4 Å². The molecule has 0 aromatic carbocycles. The molecule has 1 unspecified atom stereocenters. The monoisotopic (exact) mass is 247 g/mol. The van der Waals surface area contributed by atoms with Crippen molar-refractivity contribution in [1.82, 2.24) is 15.5 Å². The predicted molar refractivity (Wildman–Crippen MR) is 62.5 cm³/mol. The van der Waals surface area contributed by atoms with Crippen LogP contribution in [0.5, 0.6) is 0 Å². The van der Waals surface area contributed by atoms with Crippen LogP contribution in [0, 0.1) is 5.92 Å². The minimum atomic E-state index is -0.472. The van der Waals surface area contributed by atoms with Crippen molar-refractivity contribution in [2.24, 2.45) is 5.92 Å². The van der Waals surface area contributed by atoms with Crippen LogP contribution < -0.4 is 10.6 Å². The molecule has 1 aliphatic heterocycles. The van der Waals surface area contributed by atoms with Gasteiger partial charge in [-0.05, 0) is 32.4 Å². The van der Waals surface area contributed by atoms with Crippen molar-refractivity contribution in [3.63, 3.8) is 0 Å². The second-order valence-electron chi connectivity index (χ2n) is 4.16. The summed E-state index contributed by atoms with van der Waals surface area (Å²) in [5.41, 5.74) is 0. The Morgan fingerprint density at radius 2 is 2.25 bits per heavy atom. The second-order valence-corrected chi connectivity index (χ2v) is 4.43. The van der Waals surface area contributed by atoms with Gasteiger partial charge in [0, 0.05) is 13.1 Å². The van der Waals surface area contributed by atoms with Crippen molar-refractivity contribution in [2.75, 3.05) is 32.6 Å². The Balaban J connectivity index is 2.18. The number of nitrogens with one attached hydrogen (secondary N) is 2. The minimum Gasteiger partial charge on any atom is -0.337 e. The molecule has 0 saturated carbocycles. The van der Waals surface area contributed by atoms with Crippen LogP contribution >= 0.6 is 11.6 Å². The van der Waals surface area contributed by atoms with Gasteiger partial charge >= 0.3 is 6.03 Å². The highest BCUT2D eigenvalue weighted by atomic mass is 35.5. The quantitative estimate of drug-likeness (QED) is 0.710. The average molecular weight is 248 g/mol. The molecule has 16 heavy (non-hydrogen) atoms. The molecule has 1 heterocycles. The summed E-state index contributed by atoms with van der Waals surface area (Å²) in [7, 11) is 2.07. The molecule has 0 bridgehead atoms. The van der Waals surface area contributed by atoms with Crippen molar-refractivity contribution in [3.05, 3.63) is 0 Å². The van der Waals surface area contributed by atoms with Crippen molar-refractivity contribution in [1.29, 1.82) is 0 Å². The molecule has 0 spiro atoms. The molecule has 92 valence electrons. The first kappa shape index (κ1) is 13.3. The average Bonchev–Trinajstić information content (AvgIpc) is 2.26. The Bertz CT molecular complexity index is 260. The van der Waals surface area contributed by atoms with Gasteiger partial charge in [0.25, 0.3) is 0 Å². The maximum Gasteiger partial charge on any atom is 0.321 e. The van der Waals surface area contributed by atoms with Crippen LogP contribution in [0.15, 0.2) is 0 Å². The van der Waals surface area contributed by atoms with E-state index in [1.54, 1.807) is 0 Å². The first-order valence-electron chi connectivity index (χ1n) is 5.44. The lowest BCUT2D eigenvalue weighted by atomic mass is 9.99. The molecule has 0 aromatic heterocycles. The minimum absolute atomic E-state index is 0.195. The molecule has 1 rings (SSSR count). The molecule has 0 aromatic rings. The van der Waals surface area contributed by atoms with Gasteiger partial charge in [0.15, 0.2) is 0 Å². The number of rotatable bonds is 3. The number of imide groups is 1. The number of alkyl halides is 1. The van der Waals surface area contributed by atoms with Crippen molar-refractivity contribution in [2.45, 2.75) is 12.8 Å². The van der Waals surface area contributed by atoms with E-state index in [2.05, 4.69) is 22.6 Å². The third-order valence-electron chi connectivity index (χ3n) is 2.65. The summed E-state index contributed by atoms with van der Waals surface area (Å²) in [5.74, 6) is -0.199. The fourth-order valence-electron chi connectivity index (χ4n) is 1.88. The Morgan fingerprint density at radius 1 is 1.50 bits per heavy atom. The summed E-state index contributed by atoms with van der Waals surface area (Å²) in [6, 6.07) is -0.459. The molecule has 0 radical (unpaired) electrons. The number of carbonyl (C=O) groups excluding carboxylic acids is 2. The lowest BCUT2D eigenvalue weighted by Gasteiger charge is -2.29. The van der Waals surface area contributed by atoms with E-state index in [0.717, 1.165) is 25.9 Å². The van der Waals surface area contributed by atoms with E-state index in [0.29, 0.717) is 12.5 Å². The summed E-state index contributed by atoms with van der Waals surface area (Å²) in [6.45, 7) is 2.71. The molecule has 2 N–H and O–H groups in total. The fraction of sp³-hybridized carbons (Fsp3) is 0.800. The van der Waals surface area contributed by atoms with E-state index in [4.69, 9.17) is 11.6 Å². The molecule has 0 aliphatic carbocycles. The van der Waals surface area contributed by atoms with Crippen LogP contribution in [0.1, 0.15) is 12.8 Å². The van der Waals surface area contributed by atoms with Crippen LogP contribution in [-0.2, 0) is 4.79 Å². The normalized spacial score (nSPS) is 21.5. The van der Waals surface area contributed by atoms with Gasteiger partial charge in [-0.25, -0.2) is 4.79 Å². The first-order chi connectivity index (χ1) is 7.61. The smallest absolute Gasteiger partial charge is 0.321 e. The number of nitrogens with zero attached hydrogens (tertiary/aromatic N) is 1. The Morgan fingerprint density at radius 3 is 2.88 bits per heavy atom. The topological polar surface area (TPSA) is 61.4 Å². The SMILES string of the molecule is CN1CCCC(CNC(=O)NC(=O)CCl)C1. The largest absolute Gasteiger partial charge is 0.337 e. The number of halogens is 1. The highest BCUT2D eigenvalue weighted by Gasteiger charge is 2.17. The van der Waals surface area contributed by atoms with E-state index in [1.807, 2.05) is 0 Å². The van der Waals surface area contributed by atoms with E-state index in [1.165, 1.54) is 0 Å².